The van der Waals surface area contributed by atoms with Gasteiger partial charge in [0.15, 0.2) is 0 Å². The van der Waals surface area contributed by atoms with Gasteiger partial charge in [0.1, 0.15) is 6.54 Å². The molecular weight excluding hydrogens is 332 g/mol. The summed E-state index contributed by atoms with van der Waals surface area (Å²) in [5.74, 6) is -0.782. The molecule has 2 amide bonds. The van der Waals surface area contributed by atoms with Crippen LogP contribution < -0.4 is 5.32 Å². The maximum Gasteiger partial charge on any atom is 0.323 e. The number of rotatable bonds is 6. The molecule has 0 radical (unpaired) electrons. The van der Waals surface area contributed by atoms with E-state index in [1.165, 1.54) is 16.2 Å². The Labute approximate surface area is 124 Å². The smallest absolute Gasteiger partial charge is 0.323 e. The summed E-state index contributed by atoms with van der Waals surface area (Å²) in [5, 5.41) is 13.5. The number of carbonyl (C=O) groups is 2. The second-order valence-electron chi connectivity index (χ2n) is 4.56. The lowest BCUT2D eigenvalue weighted by molar-refractivity contribution is -0.137. The van der Waals surface area contributed by atoms with Gasteiger partial charge < -0.3 is 15.3 Å². The maximum atomic E-state index is 11.9. The van der Waals surface area contributed by atoms with E-state index in [1.54, 1.807) is 0 Å². The third-order valence-corrected chi connectivity index (χ3v) is 3.93. The van der Waals surface area contributed by atoms with Crippen LogP contribution in [0.2, 0.25) is 0 Å². The Bertz CT molecular complexity index is 448. The highest BCUT2D eigenvalue weighted by Gasteiger charge is 2.17. The molecule has 0 aliphatic heterocycles. The molecule has 1 aromatic rings. The van der Waals surface area contributed by atoms with E-state index >= 15 is 0 Å². The third kappa shape index (κ3) is 6.07. The van der Waals surface area contributed by atoms with E-state index in [2.05, 4.69) is 21.2 Å². The summed E-state index contributed by atoms with van der Waals surface area (Å²) in [7, 11) is 0. The first-order valence-corrected chi connectivity index (χ1v) is 7.53. The number of urea groups is 1. The fourth-order valence-corrected chi connectivity index (χ4v) is 2.94. The zero-order chi connectivity index (χ0) is 14.4. The van der Waals surface area contributed by atoms with Gasteiger partial charge in [-0.1, -0.05) is 13.8 Å². The predicted octanol–water partition coefficient (Wildman–Crippen LogP) is 2.76. The molecule has 0 fully saturated rings. The van der Waals surface area contributed by atoms with E-state index in [1.807, 2.05) is 25.3 Å². The molecule has 5 nitrogen and oxygen atoms in total. The minimum Gasteiger partial charge on any atom is -0.480 e. The summed E-state index contributed by atoms with van der Waals surface area (Å²) in [6, 6.07) is 1.58. The molecule has 0 unspecified atom stereocenters. The number of hydrogen-bond acceptors (Lipinski definition) is 3. The molecule has 0 saturated heterocycles. The first kappa shape index (κ1) is 16.0. The van der Waals surface area contributed by atoms with Crippen molar-refractivity contribution >= 4 is 39.3 Å². The topological polar surface area (TPSA) is 69.6 Å². The summed E-state index contributed by atoms with van der Waals surface area (Å²) < 4.78 is 0.978. The predicted molar refractivity (Wildman–Crippen MR) is 78.3 cm³/mol. The summed E-state index contributed by atoms with van der Waals surface area (Å²) >= 11 is 4.88. The van der Waals surface area contributed by atoms with Crippen LogP contribution in [0.4, 0.5) is 4.79 Å². The monoisotopic (exact) mass is 348 g/mol. The Kier molecular flexibility index (Phi) is 6.30. The lowest BCUT2D eigenvalue weighted by atomic mass is 10.2. The van der Waals surface area contributed by atoms with Crippen molar-refractivity contribution in [3.8, 4) is 0 Å². The number of thiophene rings is 1. The SMILES string of the molecule is CC(C)CN(CC(=O)O)C(=O)NCc1cc(Br)cs1. The summed E-state index contributed by atoms with van der Waals surface area (Å²) in [6.07, 6.45) is 0. The van der Waals surface area contributed by atoms with Gasteiger partial charge in [-0.25, -0.2) is 4.79 Å². The molecule has 7 heteroatoms. The number of aliphatic carboxylic acids is 1. The lowest BCUT2D eigenvalue weighted by Gasteiger charge is -2.22. The molecule has 0 atom stereocenters. The van der Waals surface area contributed by atoms with Crippen LogP contribution in [-0.4, -0.2) is 35.1 Å². The van der Waals surface area contributed by atoms with Crippen molar-refractivity contribution in [2.24, 2.45) is 5.92 Å². The van der Waals surface area contributed by atoms with Crippen molar-refractivity contribution in [2.45, 2.75) is 20.4 Å². The fourth-order valence-electron chi connectivity index (χ4n) is 1.54. The number of nitrogens with zero attached hydrogens (tertiary/aromatic N) is 1. The van der Waals surface area contributed by atoms with Crippen molar-refractivity contribution in [1.82, 2.24) is 10.2 Å². The van der Waals surface area contributed by atoms with E-state index < -0.39 is 5.97 Å². The number of carboxylic acid groups (broad SMARTS) is 1. The lowest BCUT2D eigenvalue weighted by Crippen LogP contribution is -2.44. The second kappa shape index (κ2) is 7.49. The van der Waals surface area contributed by atoms with Crippen molar-refractivity contribution < 1.29 is 14.7 Å². The summed E-state index contributed by atoms with van der Waals surface area (Å²) in [4.78, 5) is 25.0. The second-order valence-corrected chi connectivity index (χ2v) is 6.47. The van der Waals surface area contributed by atoms with Crippen molar-refractivity contribution in [3.05, 3.63) is 20.8 Å². The Morgan fingerprint density at radius 2 is 2.21 bits per heavy atom. The van der Waals surface area contributed by atoms with Crippen molar-refractivity contribution in [1.29, 1.82) is 0 Å². The van der Waals surface area contributed by atoms with E-state index in [4.69, 9.17) is 5.11 Å². The number of carbonyl (C=O) groups excluding carboxylic acids is 1. The molecule has 0 aliphatic rings. The average Bonchev–Trinajstić information content (AvgIpc) is 2.70. The summed E-state index contributed by atoms with van der Waals surface area (Å²) in [6.45, 7) is 4.44. The zero-order valence-electron chi connectivity index (χ0n) is 10.9. The first-order chi connectivity index (χ1) is 8.88. The van der Waals surface area contributed by atoms with Crippen LogP contribution in [0.1, 0.15) is 18.7 Å². The molecular formula is C12H17BrN2O3S. The van der Waals surface area contributed by atoms with Crippen LogP contribution in [0, 0.1) is 5.92 Å². The Morgan fingerprint density at radius 3 is 2.68 bits per heavy atom. The van der Waals surface area contributed by atoms with E-state index in [0.717, 1.165) is 9.35 Å². The van der Waals surface area contributed by atoms with Crippen LogP contribution in [0.25, 0.3) is 0 Å². The largest absolute Gasteiger partial charge is 0.480 e. The maximum absolute atomic E-state index is 11.9. The molecule has 2 N–H and O–H groups in total. The molecule has 0 aromatic carbocycles. The van der Waals surface area contributed by atoms with Crippen LogP contribution in [-0.2, 0) is 11.3 Å². The van der Waals surface area contributed by atoms with Gasteiger partial charge in [-0.15, -0.1) is 11.3 Å². The van der Waals surface area contributed by atoms with Crippen LogP contribution >= 0.6 is 27.3 Å². The quantitative estimate of drug-likeness (QED) is 0.830. The van der Waals surface area contributed by atoms with Gasteiger partial charge in [0, 0.05) is 21.3 Å². The minimum absolute atomic E-state index is 0.223. The number of halogens is 1. The van der Waals surface area contributed by atoms with Gasteiger partial charge in [-0.3, -0.25) is 4.79 Å². The summed E-state index contributed by atoms with van der Waals surface area (Å²) in [5.41, 5.74) is 0. The Balaban J connectivity index is 2.53. The van der Waals surface area contributed by atoms with Crippen molar-refractivity contribution in [3.63, 3.8) is 0 Å². The average molecular weight is 349 g/mol. The number of nitrogens with one attached hydrogen (secondary N) is 1. The van der Waals surface area contributed by atoms with Gasteiger partial charge in [-0.05, 0) is 27.9 Å². The fraction of sp³-hybridized carbons (Fsp3) is 0.500. The standard InChI is InChI=1S/C12H17BrN2O3S/c1-8(2)5-15(6-11(16)17)12(18)14-4-10-3-9(13)7-19-10/h3,7-8H,4-6H2,1-2H3,(H,14,18)(H,16,17). The van der Waals surface area contributed by atoms with Crippen LogP contribution in [0.15, 0.2) is 15.9 Å². The van der Waals surface area contributed by atoms with Gasteiger partial charge in [0.05, 0.1) is 6.54 Å². The molecule has 0 bridgehead atoms. The molecule has 19 heavy (non-hydrogen) atoms. The molecule has 0 saturated carbocycles. The van der Waals surface area contributed by atoms with E-state index in [0.29, 0.717) is 13.1 Å². The number of amides is 2. The zero-order valence-corrected chi connectivity index (χ0v) is 13.3. The Hall–Kier alpha value is -1.08. The van der Waals surface area contributed by atoms with Crippen LogP contribution in [0.3, 0.4) is 0 Å². The normalized spacial score (nSPS) is 10.5. The van der Waals surface area contributed by atoms with Crippen LogP contribution in [0.5, 0.6) is 0 Å². The van der Waals surface area contributed by atoms with Gasteiger partial charge in [-0.2, -0.15) is 0 Å². The van der Waals surface area contributed by atoms with Gasteiger partial charge in [0.25, 0.3) is 0 Å². The highest BCUT2D eigenvalue weighted by Crippen LogP contribution is 2.19. The van der Waals surface area contributed by atoms with Gasteiger partial charge in [0.2, 0.25) is 0 Å². The highest BCUT2D eigenvalue weighted by molar-refractivity contribution is 9.10. The molecule has 0 aliphatic carbocycles. The Morgan fingerprint density at radius 1 is 1.53 bits per heavy atom. The third-order valence-electron chi connectivity index (χ3n) is 2.23. The van der Waals surface area contributed by atoms with Gasteiger partial charge >= 0.3 is 12.0 Å². The molecule has 1 aromatic heterocycles. The highest BCUT2D eigenvalue weighted by atomic mass is 79.9. The molecule has 1 heterocycles. The minimum atomic E-state index is -1.00. The van der Waals surface area contributed by atoms with E-state index in [-0.39, 0.29) is 18.5 Å². The molecule has 1 rings (SSSR count). The van der Waals surface area contributed by atoms with E-state index in [9.17, 15) is 9.59 Å². The van der Waals surface area contributed by atoms with Crippen molar-refractivity contribution in [2.75, 3.05) is 13.1 Å². The number of hydrogen-bond donors (Lipinski definition) is 2. The first-order valence-electron chi connectivity index (χ1n) is 5.86. The number of carboxylic acids is 1. The molecule has 0 spiro atoms. The molecule has 106 valence electrons.